The number of aliphatic imine (C=N–C) groups is 1. The lowest BCUT2D eigenvalue weighted by atomic mass is 9.89. The molecule has 0 saturated carbocycles. The number of hydrogen-bond donors (Lipinski definition) is 3. The van der Waals surface area contributed by atoms with Crippen LogP contribution < -0.4 is 10.7 Å². The molecule has 52 heavy (non-hydrogen) atoms. The van der Waals surface area contributed by atoms with Crippen molar-refractivity contribution in [2.75, 3.05) is 0 Å². The summed E-state index contributed by atoms with van der Waals surface area (Å²) in [5.41, 5.74) is 19.0. The van der Waals surface area contributed by atoms with Crippen molar-refractivity contribution in [3.8, 4) is 0 Å². The molecule has 2 aliphatic heterocycles. The fourth-order valence-electron chi connectivity index (χ4n) is 7.59. The van der Waals surface area contributed by atoms with Crippen molar-refractivity contribution in [1.29, 1.82) is 0 Å². The molecule has 1 atom stereocenters. The molecule has 8 bridgehead atoms. The topological polar surface area (TPSA) is 59.7 Å². The number of nitrogens with zero attached hydrogens (tertiary/aromatic N) is 1. The predicted molar refractivity (Wildman–Crippen MR) is 214 cm³/mol. The molecule has 0 radical (unpaired) electrons. The van der Waals surface area contributed by atoms with Crippen molar-refractivity contribution in [3.63, 3.8) is 0 Å². The van der Waals surface area contributed by atoms with Crippen molar-refractivity contribution in [3.05, 3.63) is 229 Å². The molecular weight excluding hydrogens is 633 g/mol. The number of H-pyrrole nitrogens is 3. The third-order valence-electron chi connectivity index (χ3n) is 10.4. The van der Waals surface area contributed by atoms with Gasteiger partial charge >= 0.3 is 0 Å². The van der Waals surface area contributed by atoms with Crippen LogP contribution in [0.25, 0.3) is 16.7 Å². The Hall–Kier alpha value is -6.39. The van der Waals surface area contributed by atoms with Gasteiger partial charge in [0.2, 0.25) is 0 Å². The molecule has 9 rings (SSSR count). The van der Waals surface area contributed by atoms with Crippen molar-refractivity contribution >= 4 is 22.4 Å². The van der Waals surface area contributed by atoms with E-state index >= 15 is 0 Å². The van der Waals surface area contributed by atoms with Crippen LogP contribution in [-0.4, -0.2) is 20.7 Å². The molecule has 3 N–H and O–H groups in total. The van der Waals surface area contributed by atoms with E-state index in [-0.39, 0.29) is 5.92 Å². The molecule has 4 heteroatoms. The van der Waals surface area contributed by atoms with Gasteiger partial charge in [0.15, 0.2) is 0 Å². The van der Waals surface area contributed by atoms with Gasteiger partial charge in [-0.25, -0.2) is 4.99 Å². The molecular formula is C48H40N4. The molecule has 1 unspecified atom stereocenters. The number of fused-ring (bicyclic) bond motifs is 7. The third kappa shape index (κ3) is 5.72. The maximum absolute atomic E-state index is 5.43. The van der Waals surface area contributed by atoms with Gasteiger partial charge in [-0.05, 0) is 98.0 Å². The lowest BCUT2D eigenvalue weighted by Crippen LogP contribution is -2.19. The maximum atomic E-state index is 5.43. The molecule has 0 aliphatic carbocycles. The van der Waals surface area contributed by atoms with Crippen LogP contribution in [0, 0.1) is 27.7 Å². The highest BCUT2D eigenvalue weighted by molar-refractivity contribution is 6.30. The summed E-state index contributed by atoms with van der Waals surface area (Å²) in [6.45, 7) is 8.53. The van der Waals surface area contributed by atoms with Crippen molar-refractivity contribution in [1.82, 2.24) is 15.0 Å². The summed E-state index contributed by atoms with van der Waals surface area (Å²) < 4.78 is 0. The van der Waals surface area contributed by atoms with Crippen LogP contribution in [0.4, 0.5) is 0 Å². The summed E-state index contributed by atoms with van der Waals surface area (Å²) in [5.74, 6) is -0.0188. The smallest absolute Gasteiger partial charge is 0.0737 e. The molecule has 3 aromatic heterocycles. The lowest BCUT2D eigenvalue weighted by Gasteiger charge is -2.16. The standard InChI is InChI=1S/C48H40N4/c1-29-5-13-33(14-6-29)45-37-27-44(49-28-37)48(36-19-11-32(4)12-20-36)43-26-25-42(52-43)47(35-17-9-31(3)10-18-35)41-24-23-40(51-41)46(39-22-21-38(45)50-39)34-15-7-30(2)8-16-34/h5-28,45,49-50,52H,1-4H3/b46-40-,47-42-,48-43-. The monoisotopic (exact) mass is 672 g/mol. The molecule has 252 valence electrons. The second kappa shape index (κ2) is 12.7. The molecule has 0 amide bonds. The van der Waals surface area contributed by atoms with Gasteiger partial charge in [-0.3, -0.25) is 0 Å². The zero-order chi connectivity index (χ0) is 35.3. The summed E-state index contributed by atoms with van der Waals surface area (Å²) in [4.78, 5) is 16.9. The van der Waals surface area contributed by atoms with Crippen LogP contribution in [0.2, 0.25) is 0 Å². The van der Waals surface area contributed by atoms with Gasteiger partial charge in [0.05, 0.1) is 17.3 Å². The number of nitrogens with one attached hydrogen (secondary N) is 3. The first kappa shape index (κ1) is 31.6. The van der Waals surface area contributed by atoms with Gasteiger partial charge in [0.1, 0.15) is 0 Å². The number of aromatic nitrogens is 3. The summed E-state index contributed by atoms with van der Waals surface area (Å²) in [7, 11) is 0. The Labute approximate surface area is 304 Å². The van der Waals surface area contributed by atoms with Crippen molar-refractivity contribution in [2.45, 2.75) is 33.6 Å². The van der Waals surface area contributed by atoms with E-state index in [9.17, 15) is 0 Å². The summed E-state index contributed by atoms with van der Waals surface area (Å²) in [6, 6.07) is 46.5. The molecule has 4 nitrogen and oxygen atoms in total. The Morgan fingerprint density at radius 1 is 0.462 bits per heavy atom. The highest BCUT2D eigenvalue weighted by Gasteiger charge is 2.25. The molecule has 0 saturated heterocycles. The predicted octanol–water partition coefficient (Wildman–Crippen LogP) is 9.31. The first-order chi connectivity index (χ1) is 25.4. The summed E-state index contributed by atoms with van der Waals surface area (Å²) in [5, 5.41) is 2.06. The second-order valence-electron chi connectivity index (χ2n) is 14.2. The van der Waals surface area contributed by atoms with Crippen LogP contribution >= 0.6 is 0 Å². The minimum atomic E-state index is -0.0188. The van der Waals surface area contributed by atoms with Gasteiger partial charge in [0, 0.05) is 50.7 Å². The Bertz CT molecular complexity index is 2670. The molecule has 2 aliphatic rings. The summed E-state index contributed by atoms with van der Waals surface area (Å²) in [6.07, 6.45) is 6.51. The van der Waals surface area contributed by atoms with Gasteiger partial charge in [-0.15, -0.1) is 0 Å². The SMILES string of the molecule is Cc1ccc(/C2=C3\C=CC(=N3)/C(c3ccc(C)cc3)=c3/cc/c([nH]3)=C(\c3ccc(C)cc3)c3cc(c[nH]3)C(c3ccc(C)cc3)c3ccc2[nH]3)cc1. The highest BCUT2D eigenvalue weighted by atomic mass is 14.8. The Morgan fingerprint density at radius 3 is 1.62 bits per heavy atom. The van der Waals surface area contributed by atoms with Crippen molar-refractivity contribution in [2.24, 2.45) is 4.99 Å². The number of rotatable bonds is 4. The Morgan fingerprint density at radius 2 is 1.00 bits per heavy atom. The minimum absolute atomic E-state index is 0.0188. The van der Waals surface area contributed by atoms with Crippen LogP contribution in [-0.2, 0) is 0 Å². The fourth-order valence-corrected chi connectivity index (χ4v) is 7.59. The number of benzene rings is 4. The van der Waals surface area contributed by atoms with E-state index in [0.717, 1.165) is 72.6 Å². The van der Waals surface area contributed by atoms with Crippen LogP contribution in [0.3, 0.4) is 0 Å². The van der Waals surface area contributed by atoms with Gasteiger partial charge in [-0.2, -0.15) is 0 Å². The van der Waals surface area contributed by atoms with E-state index in [0.29, 0.717) is 0 Å². The number of aromatic amines is 3. The van der Waals surface area contributed by atoms with Gasteiger partial charge in [-0.1, -0.05) is 119 Å². The quantitative estimate of drug-likeness (QED) is 0.167. The maximum Gasteiger partial charge on any atom is 0.0737 e. The Balaban J connectivity index is 1.39. The lowest BCUT2D eigenvalue weighted by molar-refractivity contribution is 0.931. The first-order valence-corrected chi connectivity index (χ1v) is 18.0. The average molecular weight is 673 g/mol. The van der Waals surface area contributed by atoms with Crippen molar-refractivity contribution < 1.29 is 0 Å². The molecule has 0 spiro atoms. The van der Waals surface area contributed by atoms with Crippen LogP contribution in [0.15, 0.2) is 156 Å². The molecule has 4 aromatic carbocycles. The molecule has 7 aromatic rings. The largest absolute Gasteiger partial charge is 0.361 e. The summed E-state index contributed by atoms with van der Waals surface area (Å²) >= 11 is 0. The van der Waals surface area contributed by atoms with Crippen LogP contribution in [0.5, 0.6) is 0 Å². The van der Waals surface area contributed by atoms with E-state index in [1.807, 2.05) is 0 Å². The zero-order valence-electron chi connectivity index (χ0n) is 29.9. The fraction of sp³-hybridized carbons (Fsp3) is 0.104. The third-order valence-corrected chi connectivity index (χ3v) is 10.4. The zero-order valence-corrected chi connectivity index (χ0v) is 29.9. The Kier molecular flexibility index (Phi) is 7.74. The van der Waals surface area contributed by atoms with E-state index in [4.69, 9.17) is 4.99 Å². The van der Waals surface area contributed by atoms with Gasteiger partial charge < -0.3 is 15.0 Å². The number of allylic oxidation sites excluding steroid dienone is 2. The number of hydrogen-bond acceptors (Lipinski definition) is 1. The molecule has 5 heterocycles. The molecule has 0 fully saturated rings. The number of aryl methyl sites for hydroxylation is 4. The second-order valence-corrected chi connectivity index (χ2v) is 14.2. The minimum Gasteiger partial charge on any atom is -0.361 e. The first-order valence-electron chi connectivity index (χ1n) is 18.0. The van der Waals surface area contributed by atoms with E-state index in [1.165, 1.54) is 33.4 Å². The average Bonchev–Trinajstić information content (AvgIpc) is 3.99. The normalized spacial score (nSPS) is 18.8. The van der Waals surface area contributed by atoms with E-state index < -0.39 is 0 Å². The van der Waals surface area contributed by atoms with E-state index in [2.05, 4.69) is 188 Å². The van der Waals surface area contributed by atoms with E-state index in [1.54, 1.807) is 0 Å². The highest BCUT2D eigenvalue weighted by Crippen LogP contribution is 2.37. The van der Waals surface area contributed by atoms with Crippen LogP contribution in [0.1, 0.15) is 73.1 Å². The van der Waals surface area contributed by atoms with Gasteiger partial charge in [0.25, 0.3) is 0 Å².